The van der Waals surface area contributed by atoms with Gasteiger partial charge in [-0.2, -0.15) is 11.3 Å². The molecule has 4 amide bonds. The number of fused-ring (bicyclic) bond motifs is 1. The third kappa shape index (κ3) is 4.12. The second kappa shape index (κ2) is 8.61. The van der Waals surface area contributed by atoms with Crippen LogP contribution in [0.3, 0.4) is 0 Å². The molecule has 0 bridgehead atoms. The minimum absolute atomic E-state index is 0.198. The normalized spacial score (nSPS) is 21.6. The predicted molar refractivity (Wildman–Crippen MR) is 128 cm³/mol. The van der Waals surface area contributed by atoms with Gasteiger partial charge in [-0.1, -0.05) is 36.4 Å². The number of nitrogens with one attached hydrogen (secondary N) is 1. The summed E-state index contributed by atoms with van der Waals surface area (Å²) in [7, 11) is 0. The quantitative estimate of drug-likeness (QED) is 0.592. The van der Waals surface area contributed by atoms with E-state index in [4.69, 9.17) is 0 Å². The molecule has 0 saturated carbocycles. The molecule has 0 spiro atoms. The first kappa shape index (κ1) is 21.6. The molecule has 2 saturated heterocycles. The van der Waals surface area contributed by atoms with Crippen molar-refractivity contribution in [2.24, 2.45) is 0 Å². The van der Waals surface area contributed by atoms with Crippen LogP contribution in [-0.4, -0.2) is 65.3 Å². The third-order valence-electron chi connectivity index (χ3n) is 6.61. The number of carbonyl (C=O) groups is 3. The Hall–Kier alpha value is -3.23. The van der Waals surface area contributed by atoms with E-state index >= 15 is 0 Å². The molecule has 33 heavy (non-hydrogen) atoms. The van der Waals surface area contributed by atoms with E-state index in [2.05, 4.69) is 27.0 Å². The minimum Gasteiger partial charge on any atom is -0.339 e. The number of piperazine rings is 1. The lowest BCUT2D eigenvalue weighted by Crippen LogP contribution is -2.51. The molecule has 0 unspecified atom stereocenters. The van der Waals surface area contributed by atoms with Gasteiger partial charge in [0.05, 0.1) is 0 Å². The predicted octanol–water partition coefficient (Wildman–Crippen LogP) is 3.01. The van der Waals surface area contributed by atoms with Gasteiger partial charge in [0.25, 0.3) is 5.91 Å². The van der Waals surface area contributed by atoms with Gasteiger partial charge < -0.3 is 10.2 Å². The molecule has 0 radical (unpaired) electrons. The minimum atomic E-state index is -1.19. The third-order valence-corrected chi connectivity index (χ3v) is 7.34. The highest BCUT2D eigenvalue weighted by molar-refractivity contribution is 7.07. The Morgan fingerprint density at radius 1 is 1.03 bits per heavy atom. The van der Waals surface area contributed by atoms with Crippen LogP contribution in [0.15, 0.2) is 59.3 Å². The molecular formula is C25H26N4O3S. The van der Waals surface area contributed by atoms with Crippen molar-refractivity contribution in [3.05, 3.63) is 70.4 Å². The Labute approximate surface area is 196 Å². The second-order valence-corrected chi connectivity index (χ2v) is 9.58. The summed E-state index contributed by atoms with van der Waals surface area (Å²) in [6, 6.07) is 15.2. The van der Waals surface area contributed by atoms with Gasteiger partial charge in [0.15, 0.2) is 0 Å². The fraction of sp³-hybridized carbons (Fsp3) is 0.320. The number of amides is 4. The first-order valence-corrected chi connectivity index (χ1v) is 12.0. The van der Waals surface area contributed by atoms with Crippen LogP contribution in [-0.2, 0) is 21.7 Å². The van der Waals surface area contributed by atoms with Crippen LogP contribution in [0.5, 0.6) is 0 Å². The Bertz CT molecular complexity index is 1200. The highest BCUT2D eigenvalue weighted by Gasteiger charge is 2.49. The van der Waals surface area contributed by atoms with Crippen LogP contribution in [0.25, 0.3) is 10.8 Å². The van der Waals surface area contributed by atoms with Crippen molar-refractivity contribution in [1.29, 1.82) is 0 Å². The van der Waals surface area contributed by atoms with Crippen LogP contribution in [0, 0.1) is 0 Å². The molecule has 170 valence electrons. The van der Waals surface area contributed by atoms with Gasteiger partial charge in [-0.3, -0.25) is 19.4 Å². The smallest absolute Gasteiger partial charge is 0.325 e. The molecule has 8 heteroatoms. The van der Waals surface area contributed by atoms with Gasteiger partial charge in [0.1, 0.15) is 12.1 Å². The van der Waals surface area contributed by atoms with Crippen molar-refractivity contribution in [1.82, 2.24) is 20.0 Å². The maximum atomic E-state index is 13.3. The number of hydrogen-bond acceptors (Lipinski definition) is 5. The summed E-state index contributed by atoms with van der Waals surface area (Å²) in [6.07, 6.45) is 0. The van der Waals surface area contributed by atoms with Crippen LogP contribution in [0.2, 0.25) is 0 Å². The molecule has 1 N–H and O–H groups in total. The van der Waals surface area contributed by atoms with E-state index in [-0.39, 0.29) is 12.5 Å². The number of hydrogen-bond donors (Lipinski definition) is 1. The number of rotatable bonds is 5. The van der Waals surface area contributed by atoms with E-state index in [0.29, 0.717) is 18.7 Å². The standard InChI is InChI=1S/C25H26N4O3S/c1-25(21-7-6-19-4-2-3-5-20(19)14-21)23(31)29(24(32)26-25)16-22(30)28-11-9-27(10-12-28)15-18-8-13-33-17-18/h2-8,13-14,17H,9-12,15-16H2,1H3,(H,26,32)/t25-/m0/s1. The van der Waals surface area contributed by atoms with Crippen molar-refractivity contribution >= 4 is 40.0 Å². The second-order valence-electron chi connectivity index (χ2n) is 8.80. The van der Waals surface area contributed by atoms with Gasteiger partial charge in [0, 0.05) is 32.7 Å². The topological polar surface area (TPSA) is 73.0 Å². The molecule has 1 aromatic heterocycles. The lowest BCUT2D eigenvalue weighted by molar-refractivity contribution is -0.139. The summed E-state index contributed by atoms with van der Waals surface area (Å²) >= 11 is 1.68. The summed E-state index contributed by atoms with van der Waals surface area (Å²) in [5, 5.41) is 9.08. The summed E-state index contributed by atoms with van der Waals surface area (Å²) in [5.41, 5.74) is 0.796. The zero-order valence-corrected chi connectivity index (χ0v) is 19.3. The van der Waals surface area contributed by atoms with Gasteiger partial charge in [-0.25, -0.2) is 4.79 Å². The first-order chi connectivity index (χ1) is 15.9. The van der Waals surface area contributed by atoms with E-state index in [1.54, 1.807) is 23.2 Å². The number of imide groups is 1. The van der Waals surface area contributed by atoms with E-state index in [9.17, 15) is 14.4 Å². The first-order valence-electron chi connectivity index (χ1n) is 11.1. The molecule has 3 heterocycles. The number of carbonyl (C=O) groups excluding carboxylic acids is 3. The number of urea groups is 1. The highest BCUT2D eigenvalue weighted by Crippen LogP contribution is 2.31. The number of thiophene rings is 1. The molecule has 2 aliphatic heterocycles. The van der Waals surface area contributed by atoms with E-state index in [0.717, 1.165) is 35.3 Å². The summed E-state index contributed by atoms with van der Waals surface area (Å²) in [4.78, 5) is 44.0. The zero-order valence-electron chi connectivity index (χ0n) is 18.5. The molecule has 7 nitrogen and oxygen atoms in total. The molecular weight excluding hydrogens is 436 g/mol. The van der Waals surface area contributed by atoms with Gasteiger partial charge in [-0.05, 0) is 51.7 Å². The summed E-state index contributed by atoms with van der Waals surface area (Å²) < 4.78 is 0. The SMILES string of the molecule is C[C@@]1(c2ccc3ccccc3c2)NC(=O)N(CC(=O)N2CCN(Cc3ccsc3)CC2)C1=O. The average Bonchev–Trinajstić information content (AvgIpc) is 3.41. The van der Waals surface area contributed by atoms with Crippen LogP contribution < -0.4 is 5.32 Å². The maximum absolute atomic E-state index is 13.3. The van der Waals surface area contributed by atoms with Gasteiger partial charge in [0.2, 0.25) is 5.91 Å². The Morgan fingerprint density at radius 2 is 1.79 bits per heavy atom. The average molecular weight is 463 g/mol. The molecule has 0 aliphatic carbocycles. The maximum Gasteiger partial charge on any atom is 0.325 e. The van der Waals surface area contributed by atoms with Crippen molar-refractivity contribution in [2.45, 2.75) is 19.0 Å². The molecule has 2 aromatic carbocycles. The highest BCUT2D eigenvalue weighted by atomic mass is 32.1. The molecule has 5 rings (SSSR count). The van der Waals surface area contributed by atoms with Gasteiger partial charge in [-0.15, -0.1) is 0 Å². The summed E-state index contributed by atoms with van der Waals surface area (Å²) in [6.45, 7) is 5.07. The Morgan fingerprint density at radius 3 is 2.52 bits per heavy atom. The van der Waals surface area contributed by atoms with Crippen LogP contribution >= 0.6 is 11.3 Å². The van der Waals surface area contributed by atoms with Crippen molar-refractivity contribution in [3.63, 3.8) is 0 Å². The fourth-order valence-corrected chi connectivity index (χ4v) is 5.23. The fourth-order valence-electron chi connectivity index (χ4n) is 4.57. The molecule has 1 atom stereocenters. The Balaban J connectivity index is 1.24. The summed E-state index contributed by atoms with van der Waals surface area (Å²) in [5.74, 6) is -0.594. The van der Waals surface area contributed by atoms with Crippen molar-refractivity contribution in [2.75, 3.05) is 32.7 Å². The van der Waals surface area contributed by atoms with Gasteiger partial charge >= 0.3 is 6.03 Å². The molecule has 3 aromatic rings. The lowest BCUT2D eigenvalue weighted by Gasteiger charge is -2.35. The molecule has 2 fully saturated rings. The van der Waals surface area contributed by atoms with Crippen LogP contribution in [0.4, 0.5) is 4.79 Å². The van der Waals surface area contributed by atoms with E-state index in [1.165, 1.54) is 5.56 Å². The van der Waals surface area contributed by atoms with E-state index in [1.807, 2.05) is 42.5 Å². The Kier molecular flexibility index (Phi) is 5.64. The lowest BCUT2D eigenvalue weighted by atomic mass is 9.90. The van der Waals surface area contributed by atoms with Crippen molar-refractivity contribution < 1.29 is 14.4 Å². The number of nitrogens with zero attached hydrogens (tertiary/aromatic N) is 3. The molecule has 2 aliphatic rings. The number of benzene rings is 2. The zero-order chi connectivity index (χ0) is 23.0. The largest absolute Gasteiger partial charge is 0.339 e. The van der Waals surface area contributed by atoms with Crippen LogP contribution in [0.1, 0.15) is 18.1 Å². The monoisotopic (exact) mass is 462 g/mol. The van der Waals surface area contributed by atoms with Crippen molar-refractivity contribution in [3.8, 4) is 0 Å². The van der Waals surface area contributed by atoms with E-state index < -0.39 is 17.5 Å².